The monoisotopic (exact) mass is 306 g/mol. The first-order valence-corrected chi connectivity index (χ1v) is 7.86. The number of carbonyl (C=O) groups is 1. The molecule has 0 radical (unpaired) electrons. The van der Waals surface area contributed by atoms with Gasteiger partial charge in [0.25, 0.3) is 0 Å². The molecule has 0 spiro atoms. The third kappa shape index (κ3) is 5.22. The predicted octanol–water partition coefficient (Wildman–Crippen LogP) is 3.28. The Balaban J connectivity index is 1.95. The number of ether oxygens (including phenoxy) is 1. The van der Waals surface area contributed by atoms with Gasteiger partial charge in [0, 0.05) is 11.8 Å². The first-order chi connectivity index (χ1) is 10.3. The molecule has 0 saturated carbocycles. The number of benzene rings is 1. The van der Waals surface area contributed by atoms with Gasteiger partial charge in [-0.1, -0.05) is 6.07 Å². The first-order valence-electron chi connectivity index (χ1n) is 7.86. The summed E-state index contributed by atoms with van der Waals surface area (Å²) in [5.74, 6) is 0.781. The van der Waals surface area contributed by atoms with Crippen molar-refractivity contribution in [3.8, 4) is 5.75 Å². The molecule has 22 heavy (non-hydrogen) atoms. The lowest BCUT2D eigenvalue weighted by Gasteiger charge is -2.23. The zero-order valence-electron chi connectivity index (χ0n) is 13.6. The van der Waals surface area contributed by atoms with Crippen molar-refractivity contribution in [1.29, 1.82) is 0 Å². The van der Waals surface area contributed by atoms with Crippen LogP contribution in [-0.4, -0.2) is 29.9 Å². The molecule has 1 aromatic carbocycles. The number of aromatic hydroxyl groups is 1. The summed E-state index contributed by atoms with van der Waals surface area (Å²) in [6.45, 7) is 7.51. The third-order valence-corrected chi connectivity index (χ3v) is 3.64. The molecule has 1 saturated heterocycles. The van der Waals surface area contributed by atoms with Crippen LogP contribution in [0.1, 0.15) is 39.2 Å². The molecule has 122 valence electrons. The molecule has 2 rings (SSSR count). The van der Waals surface area contributed by atoms with E-state index in [9.17, 15) is 9.90 Å². The van der Waals surface area contributed by atoms with Crippen LogP contribution in [0.4, 0.5) is 10.5 Å². The number of phenols is 1. The molecule has 5 nitrogen and oxygen atoms in total. The van der Waals surface area contributed by atoms with Crippen molar-refractivity contribution in [3.05, 3.63) is 23.8 Å². The van der Waals surface area contributed by atoms with Crippen LogP contribution in [0.15, 0.2) is 18.2 Å². The van der Waals surface area contributed by atoms with Crippen molar-refractivity contribution in [2.75, 3.05) is 18.4 Å². The van der Waals surface area contributed by atoms with Crippen LogP contribution < -0.4 is 10.6 Å². The minimum atomic E-state index is -0.542. The topological polar surface area (TPSA) is 70.6 Å². The molecule has 1 amide bonds. The lowest BCUT2D eigenvalue weighted by atomic mass is 9.92. The van der Waals surface area contributed by atoms with E-state index < -0.39 is 11.7 Å². The van der Waals surface area contributed by atoms with Crippen LogP contribution in [0.5, 0.6) is 5.75 Å². The summed E-state index contributed by atoms with van der Waals surface area (Å²) in [6.07, 6.45) is 2.70. The highest BCUT2D eigenvalue weighted by molar-refractivity contribution is 5.85. The maximum Gasteiger partial charge on any atom is 0.412 e. The van der Waals surface area contributed by atoms with Crippen molar-refractivity contribution in [2.45, 2.75) is 45.6 Å². The molecule has 1 aliphatic heterocycles. The quantitative estimate of drug-likeness (QED) is 0.801. The number of anilines is 1. The van der Waals surface area contributed by atoms with Gasteiger partial charge < -0.3 is 15.2 Å². The van der Waals surface area contributed by atoms with Gasteiger partial charge in [0.2, 0.25) is 0 Å². The fraction of sp³-hybridized carbons (Fsp3) is 0.588. The summed E-state index contributed by atoms with van der Waals surface area (Å²) in [4.78, 5) is 11.7. The van der Waals surface area contributed by atoms with Crippen molar-refractivity contribution in [1.82, 2.24) is 5.32 Å². The molecule has 3 N–H and O–H groups in total. The Morgan fingerprint density at radius 1 is 1.45 bits per heavy atom. The lowest BCUT2D eigenvalue weighted by Crippen LogP contribution is -2.30. The van der Waals surface area contributed by atoms with Crippen molar-refractivity contribution < 1.29 is 14.6 Å². The van der Waals surface area contributed by atoms with Crippen LogP contribution in [0.25, 0.3) is 0 Å². The fourth-order valence-electron chi connectivity index (χ4n) is 2.64. The molecule has 1 atom stereocenters. The second-order valence-corrected chi connectivity index (χ2v) is 6.89. The zero-order valence-corrected chi connectivity index (χ0v) is 13.6. The van der Waals surface area contributed by atoms with Gasteiger partial charge in [-0.2, -0.15) is 0 Å². The minimum absolute atomic E-state index is 0.221. The standard InChI is InChI=1S/C17H26N2O3/c1-17(2,3)22-16(21)19-14-7-6-13(15(20)10-14)9-12-5-4-8-18-11-12/h6-7,10,12,18,20H,4-5,8-9,11H2,1-3H3,(H,19,21). The highest BCUT2D eigenvalue weighted by atomic mass is 16.6. The number of piperidine rings is 1. The average molecular weight is 306 g/mol. The van der Waals surface area contributed by atoms with E-state index in [0.29, 0.717) is 11.6 Å². The molecular weight excluding hydrogens is 280 g/mol. The third-order valence-electron chi connectivity index (χ3n) is 3.64. The normalized spacial score (nSPS) is 18.8. The van der Waals surface area contributed by atoms with Gasteiger partial charge in [-0.05, 0) is 70.7 Å². The number of hydrogen-bond donors (Lipinski definition) is 3. The van der Waals surface area contributed by atoms with E-state index in [1.807, 2.05) is 26.8 Å². The number of carbonyl (C=O) groups excluding carboxylic acids is 1. The Labute approximate surface area is 132 Å². The van der Waals surface area contributed by atoms with E-state index in [1.54, 1.807) is 12.1 Å². The number of phenolic OH excluding ortho intramolecular Hbond substituents is 1. The van der Waals surface area contributed by atoms with E-state index >= 15 is 0 Å². The fourth-order valence-corrected chi connectivity index (χ4v) is 2.64. The summed E-state index contributed by atoms with van der Waals surface area (Å²) >= 11 is 0. The number of hydrogen-bond acceptors (Lipinski definition) is 4. The Morgan fingerprint density at radius 3 is 2.82 bits per heavy atom. The van der Waals surface area contributed by atoms with Crippen LogP contribution in [0, 0.1) is 5.92 Å². The lowest BCUT2D eigenvalue weighted by molar-refractivity contribution is 0.0636. The van der Waals surface area contributed by atoms with Gasteiger partial charge in [-0.15, -0.1) is 0 Å². The molecule has 1 fully saturated rings. The minimum Gasteiger partial charge on any atom is -0.508 e. The zero-order chi connectivity index (χ0) is 16.2. The highest BCUT2D eigenvalue weighted by Crippen LogP contribution is 2.26. The van der Waals surface area contributed by atoms with E-state index in [2.05, 4.69) is 10.6 Å². The summed E-state index contributed by atoms with van der Waals surface area (Å²) in [5, 5.41) is 16.2. The van der Waals surface area contributed by atoms with Gasteiger partial charge in [-0.25, -0.2) is 4.79 Å². The Hall–Kier alpha value is -1.75. The predicted molar refractivity (Wildman–Crippen MR) is 87.3 cm³/mol. The van der Waals surface area contributed by atoms with Crippen LogP contribution in [0.2, 0.25) is 0 Å². The highest BCUT2D eigenvalue weighted by Gasteiger charge is 2.18. The first kappa shape index (κ1) is 16.6. The van der Waals surface area contributed by atoms with Gasteiger partial charge in [0.05, 0.1) is 0 Å². The summed E-state index contributed by atoms with van der Waals surface area (Å²) in [7, 11) is 0. The summed E-state index contributed by atoms with van der Waals surface area (Å²) in [6, 6.07) is 5.25. The van der Waals surface area contributed by atoms with E-state index in [1.165, 1.54) is 12.8 Å². The second-order valence-electron chi connectivity index (χ2n) is 6.89. The molecule has 5 heteroatoms. The number of nitrogens with one attached hydrogen (secondary N) is 2. The van der Waals surface area contributed by atoms with Gasteiger partial charge in [0.15, 0.2) is 0 Å². The number of amides is 1. The summed E-state index contributed by atoms with van der Waals surface area (Å²) in [5.41, 5.74) is 0.917. The molecule has 1 aromatic rings. The summed E-state index contributed by atoms with van der Waals surface area (Å²) < 4.78 is 5.19. The molecule has 0 aromatic heterocycles. The van der Waals surface area contributed by atoms with Crippen LogP contribution in [-0.2, 0) is 11.2 Å². The van der Waals surface area contributed by atoms with Crippen molar-refractivity contribution >= 4 is 11.8 Å². The number of rotatable bonds is 3. The van der Waals surface area contributed by atoms with Gasteiger partial charge >= 0.3 is 6.09 Å². The van der Waals surface area contributed by atoms with Gasteiger partial charge in [0.1, 0.15) is 11.4 Å². The maximum atomic E-state index is 11.7. The SMILES string of the molecule is CC(C)(C)OC(=O)Nc1ccc(CC2CCCNC2)c(O)c1. The van der Waals surface area contributed by atoms with Crippen LogP contribution in [0.3, 0.4) is 0 Å². The smallest absolute Gasteiger partial charge is 0.412 e. The van der Waals surface area contributed by atoms with Crippen molar-refractivity contribution in [2.24, 2.45) is 5.92 Å². The molecular formula is C17H26N2O3. The molecule has 0 aliphatic carbocycles. The maximum absolute atomic E-state index is 11.7. The van der Waals surface area contributed by atoms with Crippen molar-refractivity contribution in [3.63, 3.8) is 0 Å². The molecule has 1 unspecified atom stereocenters. The Bertz CT molecular complexity index is 517. The molecule has 1 heterocycles. The Morgan fingerprint density at radius 2 is 2.23 bits per heavy atom. The Kier molecular flexibility index (Phi) is 5.29. The van der Waals surface area contributed by atoms with E-state index in [4.69, 9.17) is 4.74 Å². The van der Waals surface area contributed by atoms with E-state index in [0.717, 1.165) is 25.1 Å². The second kappa shape index (κ2) is 7.01. The molecule has 0 bridgehead atoms. The van der Waals surface area contributed by atoms with Gasteiger partial charge in [-0.3, -0.25) is 5.32 Å². The molecule has 1 aliphatic rings. The largest absolute Gasteiger partial charge is 0.508 e. The average Bonchev–Trinajstić information content (AvgIpc) is 2.41. The van der Waals surface area contributed by atoms with Crippen LogP contribution >= 0.6 is 0 Å². The van der Waals surface area contributed by atoms with E-state index in [-0.39, 0.29) is 5.75 Å².